The van der Waals surface area contributed by atoms with Gasteiger partial charge in [-0.1, -0.05) is 60.7 Å². The minimum absolute atomic E-state index is 0.170. The molecule has 0 aromatic heterocycles. The summed E-state index contributed by atoms with van der Waals surface area (Å²) in [5.74, 6) is 0.401. The molecule has 0 heterocycles. The number of nitrogens with two attached hydrogens (primary N) is 1. The highest BCUT2D eigenvalue weighted by Crippen LogP contribution is 2.08. The lowest BCUT2D eigenvalue weighted by molar-refractivity contribution is -0.118. The molecule has 0 aliphatic heterocycles. The molecule has 0 unspecified atom stereocenters. The monoisotopic (exact) mass is 540 g/mol. The van der Waals surface area contributed by atoms with Gasteiger partial charge in [0, 0.05) is 65.2 Å². The van der Waals surface area contributed by atoms with Gasteiger partial charge < -0.3 is 15.8 Å². The molecule has 2 aromatic rings. The third-order valence-corrected chi connectivity index (χ3v) is 5.60. The van der Waals surface area contributed by atoms with Crippen LogP contribution in [0.2, 0.25) is 0 Å². The number of ether oxygens (including phenoxy) is 1. The van der Waals surface area contributed by atoms with Crippen molar-refractivity contribution in [3.8, 4) is 0 Å². The van der Waals surface area contributed by atoms with Gasteiger partial charge in [0.05, 0.1) is 0 Å². The van der Waals surface area contributed by atoms with Crippen LogP contribution in [-0.2, 0) is 27.4 Å². The van der Waals surface area contributed by atoms with Gasteiger partial charge in [0.15, 0.2) is 0 Å². The number of nitrogens with zero attached hydrogens (tertiary/aromatic N) is 2. The number of carbonyl (C=O) groups is 3. The van der Waals surface area contributed by atoms with E-state index in [-0.39, 0.29) is 11.6 Å². The Labute approximate surface area is 234 Å². The molecule has 0 fully saturated rings. The fourth-order valence-electron chi connectivity index (χ4n) is 3.67. The summed E-state index contributed by atoms with van der Waals surface area (Å²) >= 11 is 0. The lowest BCUT2D eigenvalue weighted by Gasteiger charge is -2.23. The van der Waals surface area contributed by atoms with Gasteiger partial charge >= 0.3 is 6.09 Å². The summed E-state index contributed by atoms with van der Waals surface area (Å²) < 4.78 is 5.21. The third-order valence-electron chi connectivity index (χ3n) is 5.60. The second-order valence-corrected chi connectivity index (χ2v) is 10.6. The number of alkyl carbamates (subject to hydrolysis) is 1. The molecule has 0 spiro atoms. The Bertz CT molecular complexity index is 962. The highest BCUT2D eigenvalue weighted by atomic mass is 16.6. The predicted octanol–water partition coefficient (Wildman–Crippen LogP) is 4.42. The third kappa shape index (κ3) is 18.8. The van der Waals surface area contributed by atoms with Crippen LogP contribution in [0.4, 0.5) is 4.79 Å². The molecule has 2 rings (SSSR count). The van der Waals surface area contributed by atoms with E-state index in [1.54, 1.807) is 13.8 Å². The van der Waals surface area contributed by atoms with E-state index in [1.165, 1.54) is 11.1 Å². The van der Waals surface area contributed by atoms with Crippen LogP contribution in [0, 0.1) is 0 Å². The van der Waals surface area contributed by atoms with Crippen LogP contribution in [0.15, 0.2) is 60.7 Å². The minimum atomic E-state index is -0.498. The first-order chi connectivity index (χ1) is 18.5. The van der Waals surface area contributed by atoms with E-state index in [0.717, 1.165) is 26.2 Å². The first-order valence-electron chi connectivity index (χ1n) is 13.7. The zero-order chi connectivity index (χ0) is 29.1. The number of hydrogen-bond donors (Lipinski definition) is 2. The molecule has 8 heteroatoms. The summed E-state index contributed by atoms with van der Waals surface area (Å²) in [5.41, 5.74) is 7.52. The molecule has 8 nitrogen and oxygen atoms in total. The zero-order valence-electron chi connectivity index (χ0n) is 24.4. The largest absolute Gasteiger partial charge is 0.444 e. The second kappa shape index (κ2) is 19.1. The molecule has 3 N–H and O–H groups in total. The summed E-state index contributed by atoms with van der Waals surface area (Å²) in [6, 6.07) is 20.3. The van der Waals surface area contributed by atoms with Crippen molar-refractivity contribution in [3.05, 3.63) is 71.8 Å². The van der Waals surface area contributed by atoms with Gasteiger partial charge in [-0.3, -0.25) is 19.4 Å². The molecule has 2 aromatic carbocycles. The summed E-state index contributed by atoms with van der Waals surface area (Å²) in [6.07, 6.45) is 0.704. The SMILES string of the molecule is CC(=O)CCN(CCN)Cc1ccccc1.CC(=O)CCN(CCNC(=O)OC(C)(C)C)Cc1ccccc1. The molecule has 0 aliphatic carbocycles. The number of carbonyl (C=O) groups excluding carboxylic acids is 3. The van der Waals surface area contributed by atoms with Crippen LogP contribution in [0.5, 0.6) is 0 Å². The number of benzene rings is 2. The lowest BCUT2D eigenvalue weighted by Crippen LogP contribution is -2.38. The average molecular weight is 541 g/mol. The number of hydrogen-bond acceptors (Lipinski definition) is 7. The van der Waals surface area contributed by atoms with E-state index in [0.29, 0.717) is 39.0 Å². The summed E-state index contributed by atoms with van der Waals surface area (Å²) in [7, 11) is 0. The van der Waals surface area contributed by atoms with Crippen LogP contribution < -0.4 is 11.1 Å². The Hall–Kier alpha value is -3.07. The van der Waals surface area contributed by atoms with Crippen molar-refractivity contribution < 1.29 is 19.1 Å². The van der Waals surface area contributed by atoms with Gasteiger partial charge in [0.2, 0.25) is 0 Å². The smallest absolute Gasteiger partial charge is 0.407 e. The standard InChI is InChI=1S/C18H28N2O3.C13H20N2O/c1-15(21)10-12-20(14-16-8-6-5-7-9-16)13-11-19-17(22)23-18(2,3)4;1-12(16)7-9-15(10-8-14)11-13-5-3-2-4-6-13/h5-9H,10-14H2,1-4H3,(H,19,22);2-6H,7-11,14H2,1H3. The van der Waals surface area contributed by atoms with E-state index < -0.39 is 11.7 Å². The van der Waals surface area contributed by atoms with Crippen molar-refractivity contribution in [1.82, 2.24) is 15.1 Å². The molecule has 0 bridgehead atoms. The molecular formula is C31H48N4O4. The quantitative estimate of drug-likeness (QED) is 0.345. The zero-order valence-corrected chi connectivity index (χ0v) is 24.4. The van der Waals surface area contributed by atoms with Gasteiger partial charge in [-0.15, -0.1) is 0 Å². The van der Waals surface area contributed by atoms with E-state index >= 15 is 0 Å². The molecular weight excluding hydrogens is 492 g/mol. The second-order valence-electron chi connectivity index (χ2n) is 10.6. The van der Waals surface area contributed by atoms with Crippen molar-refractivity contribution in [2.24, 2.45) is 5.73 Å². The Kier molecular flexibility index (Phi) is 16.6. The van der Waals surface area contributed by atoms with Gasteiger partial charge in [-0.25, -0.2) is 4.79 Å². The molecule has 0 saturated heterocycles. The first-order valence-corrected chi connectivity index (χ1v) is 13.7. The molecule has 39 heavy (non-hydrogen) atoms. The highest BCUT2D eigenvalue weighted by Gasteiger charge is 2.16. The Balaban J connectivity index is 0.000000416. The number of rotatable bonds is 15. The van der Waals surface area contributed by atoms with E-state index in [9.17, 15) is 14.4 Å². The van der Waals surface area contributed by atoms with Crippen LogP contribution in [0.1, 0.15) is 58.6 Å². The Morgan fingerprint density at radius 1 is 0.744 bits per heavy atom. The Morgan fingerprint density at radius 3 is 1.56 bits per heavy atom. The number of ketones is 2. The predicted molar refractivity (Wildman–Crippen MR) is 157 cm³/mol. The molecule has 0 radical (unpaired) electrons. The summed E-state index contributed by atoms with van der Waals surface area (Å²) in [4.78, 5) is 38.2. The maximum absolute atomic E-state index is 11.7. The number of Topliss-reactive ketones (excluding diaryl/α,β-unsaturated/α-hetero) is 2. The van der Waals surface area contributed by atoms with Gasteiger partial charge in [-0.2, -0.15) is 0 Å². The molecule has 216 valence electrons. The van der Waals surface area contributed by atoms with Gasteiger partial charge in [0.1, 0.15) is 17.2 Å². The molecule has 0 saturated carbocycles. The number of amides is 1. The van der Waals surface area contributed by atoms with Crippen molar-refractivity contribution in [2.45, 2.75) is 66.2 Å². The Morgan fingerprint density at radius 2 is 1.18 bits per heavy atom. The van der Waals surface area contributed by atoms with E-state index in [2.05, 4.69) is 39.4 Å². The van der Waals surface area contributed by atoms with Crippen molar-refractivity contribution in [3.63, 3.8) is 0 Å². The summed E-state index contributed by atoms with van der Waals surface area (Å²) in [5, 5.41) is 2.76. The number of nitrogens with one attached hydrogen (secondary N) is 1. The van der Waals surface area contributed by atoms with Crippen LogP contribution >= 0.6 is 0 Å². The van der Waals surface area contributed by atoms with Crippen molar-refractivity contribution in [2.75, 3.05) is 39.3 Å². The van der Waals surface area contributed by atoms with Crippen LogP contribution in [-0.4, -0.2) is 72.3 Å². The normalized spacial score (nSPS) is 11.1. The topological polar surface area (TPSA) is 105 Å². The van der Waals surface area contributed by atoms with E-state index in [4.69, 9.17) is 10.5 Å². The first kappa shape index (κ1) is 34.0. The minimum Gasteiger partial charge on any atom is -0.444 e. The maximum Gasteiger partial charge on any atom is 0.407 e. The maximum atomic E-state index is 11.7. The summed E-state index contributed by atoms with van der Waals surface area (Å²) in [6.45, 7) is 14.4. The molecule has 0 aliphatic rings. The van der Waals surface area contributed by atoms with Crippen molar-refractivity contribution >= 4 is 17.7 Å². The molecule has 0 atom stereocenters. The average Bonchev–Trinajstić information content (AvgIpc) is 2.86. The molecule has 1 amide bonds. The van der Waals surface area contributed by atoms with Crippen LogP contribution in [0.3, 0.4) is 0 Å². The van der Waals surface area contributed by atoms with E-state index in [1.807, 2.05) is 57.2 Å². The van der Waals surface area contributed by atoms with Crippen LogP contribution in [0.25, 0.3) is 0 Å². The highest BCUT2D eigenvalue weighted by molar-refractivity contribution is 5.75. The fraction of sp³-hybridized carbons (Fsp3) is 0.516. The van der Waals surface area contributed by atoms with Crippen molar-refractivity contribution in [1.29, 1.82) is 0 Å². The lowest BCUT2D eigenvalue weighted by atomic mass is 10.2. The van der Waals surface area contributed by atoms with Gasteiger partial charge in [-0.05, 0) is 45.7 Å². The van der Waals surface area contributed by atoms with Gasteiger partial charge in [0.25, 0.3) is 0 Å². The fourth-order valence-corrected chi connectivity index (χ4v) is 3.67.